The fourth-order valence-electron chi connectivity index (χ4n) is 4.17. The predicted molar refractivity (Wildman–Crippen MR) is 111 cm³/mol. The van der Waals surface area contributed by atoms with Crippen LogP contribution in [0.3, 0.4) is 0 Å². The van der Waals surface area contributed by atoms with Crippen LogP contribution in [-0.2, 0) is 20.7 Å². The van der Waals surface area contributed by atoms with Gasteiger partial charge in [-0.15, -0.1) is 0 Å². The first-order valence-corrected chi connectivity index (χ1v) is 10.6. The lowest BCUT2D eigenvalue weighted by Crippen LogP contribution is -2.34. The Kier molecular flexibility index (Phi) is 7.43. The Morgan fingerprint density at radius 2 is 1.79 bits per heavy atom. The number of ketones is 1. The molecule has 1 aliphatic carbocycles. The van der Waals surface area contributed by atoms with Crippen LogP contribution in [0.25, 0.3) is 0 Å². The summed E-state index contributed by atoms with van der Waals surface area (Å²) in [6, 6.07) is 14.4. The van der Waals surface area contributed by atoms with Crippen LogP contribution < -0.4 is 0 Å². The van der Waals surface area contributed by atoms with Crippen molar-refractivity contribution in [3.05, 3.63) is 70.5 Å². The molecule has 2 aromatic rings. The molecule has 0 radical (unpaired) electrons. The first kappa shape index (κ1) is 21.5. The standard InChI is InChI=1S/C24H26ClFO3/c1-2-29-24(28)21(14-19-12-13-20(26)15-22(19)25)23(27)18-10-8-17(9-11-18)16-6-4-3-5-7-16/h3-7,12-13,15,17-18,21H,2,8-11,14H2,1H3/t17-,18-,21?. The monoisotopic (exact) mass is 416 g/mol. The molecule has 1 fully saturated rings. The van der Waals surface area contributed by atoms with Crippen molar-refractivity contribution in [2.45, 2.75) is 44.9 Å². The van der Waals surface area contributed by atoms with Gasteiger partial charge in [-0.25, -0.2) is 4.39 Å². The van der Waals surface area contributed by atoms with Gasteiger partial charge < -0.3 is 4.74 Å². The molecule has 0 N–H and O–H groups in total. The number of esters is 1. The Bertz CT molecular complexity index is 844. The molecule has 154 valence electrons. The van der Waals surface area contributed by atoms with E-state index in [0.717, 1.165) is 25.7 Å². The maximum Gasteiger partial charge on any atom is 0.316 e. The van der Waals surface area contributed by atoms with Crippen LogP contribution in [-0.4, -0.2) is 18.4 Å². The topological polar surface area (TPSA) is 43.4 Å². The summed E-state index contributed by atoms with van der Waals surface area (Å²) in [6.45, 7) is 1.93. The van der Waals surface area contributed by atoms with Gasteiger partial charge in [-0.2, -0.15) is 0 Å². The van der Waals surface area contributed by atoms with E-state index in [2.05, 4.69) is 12.1 Å². The Hall–Kier alpha value is -2.20. The van der Waals surface area contributed by atoms with E-state index in [-0.39, 0.29) is 29.8 Å². The number of carbonyl (C=O) groups is 2. The number of Topliss-reactive ketones (excluding diaryl/α,β-unsaturated/α-hetero) is 1. The second-order valence-corrected chi connectivity index (χ2v) is 8.01. The summed E-state index contributed by atoms with van der Waals surface area (Å²) in [5.74, 6) is -1.68. The van der Waals surface area contributed by atoms with Crippen molar-refractivity contribution in [2.24, 2.45) is 11.8 Å². The lowest BCUT2D eigenvalue weighted by molar-refractivity contribution is -0.152. The molecule has 1 aliphatic rings. The van der Waals surface area contributed by atoms with Gasteiger partial charge in [-0.1, -0.05) is 48.0 Å². The second-order valence-electron chi connectivity index (χ2n) is 7.61. The fourth-order valence-corrected chi connectivity index (χ4v) is 4.42. The van der Waals surface area contributed by atoms with E-state index in [1.807, 2.05) is 18.2 Å². The summed E-state index contributed by atoms with van der Waals surface area (Å²) in [5, 5.41) is 0.222. The van der Waals surface area contributed by atoms with Gasteiger partial charge in [0.2, 0.25) is 0 Å². The summed E-state index contributed by atoms with van der Waals surface area (Å²) in [5.41, 5.74) is 1.89. The minimum absolute atomic E-state index is 0.0876. The van der Waals surface area contributed by atoms with Crippen LogP contribution in [0.2, 0.25) is 5.02 Å². The maximum absolute atomic E-state index is 13.3. The zero-order valence-corrected chi connectivity index (χ0v) is 17.3. The van der Waals surface area contributed by atoms with Gasteiger partial charge in [0.25, 0.3) is 0 Å². The smallest absolute Gasteiger partial charge is 0.316 e. The van der Waals surface area contributed by atoms with Gasteiger partial charge in [-0.3, -0.25) is 9.59 Å². The van der Waals surface area contributed by atoms with E-state index in [4.69, 9.17) is 16.3 Å². The first-order chi connectivity index (χ1) is 14.0. The van der Waals surface area contributed by atoms with Crippen LogP contribution >= 0.6 is 11.6 Å². The maximum atomic E-state index is 13.3. The number of rotatable bonds is 7. The van der Waals surface area contributed by atoms with Crippen LogP contribution in [0.5, 0.6) is 0 Å². The molecule has 0 saturated heterocycles. The van der Waals surface area contributed by atoms with Gasteiger partial charge >= 0.3 is 5.97 Å². The number of ether oxygens (including phenoxy) is 1. The van der Waals surface area contributed by atoms with Crippen molar-refractivity contribution in [2.75, 3.05) is 6.61 Å². The molecule has 1 atom stereocenters. The number of hydrogen-bond donors (Lipinski definition) is 0. The van der Waals surface area contributed by atoms with Crippen molar-refractivity contribution in [1.29, 1.82) is 0 Å². The molecular formula is C24H26ClFO3. The van der Waals surface area contributed by atoms with Crippen LogP contribution in [0.15, 0.2) is 48.5 Å². The van der Waals surface area contributed by atoms with E-state index in [1.165, 1.54) is 23.8 Å². The summed E-state index contributed by atoms with van der Waals surface area (Å²) >= 11 is 6.13. The Morgan fingerprint density at radius 1 is 1.10 bits per heavy atom. The van der Waals surface area contributed by atoms with E-state index in [1.54, 1.807) is 6.92 Å². The highest BCUT2D eigenvalue weighted by Crippen LogP contribution is 2.37. The first-order valence-electron chi connectivity index (χ1n) is 10.2. The molecule has 29 heavy (non-hydrogen) atoms. The Morgan fingerprint density at radius 3 is 2.41 bits per heavy atom. The van der Waals surface area contributed by atoms with Crippen molar-refractivity contribution >= 4 is 23.4 Å². The number of benzene rings is 2. The highest BCUT2D eigenvalue weighted by Gasteiger charge is 2.36. The highest BCUT2D eigenvalue weighted by molar-refractivity contribution is 6.31. The molecule has 1 saturated carbocycles. The van der Waals surface area contributed by atoms with Crippen LogP contribution in [0.1, 0.15) is 49.7 Å². The molecule has 0 heterocycles. The quantitative estimate of drug-likeness (QED) is 0.426. The number of halogens is 2. The molecule has 1 unspecified atom stereocenters. The van der Waals surface area contributed by atoms with Gasteiger partial charge in [-0.05, 0) is 68.2 Å². The lowest BCUT2D eigenvalue weighted by atomic mass is 9.74. The average molecular weight is 417 g/mol. The minimum Gasteiger partial charge on any atom is -0.465 e. The number of hydrogen-bond acceptors (Lipinski definition) is 3. The van der Waals surface area contributed by atoms with Crippen LogP contribution in [0, 0.1) is 17.7 Å². The summed E-state index contributed by atoms with van der Waals surface area (Å²) in [7, 11) is 0. The summed E-state index contributed by atoms with van der Waals surface area (Å²) in [4.78, 5) is 25.8. The van der Waals surface area contributed by atoms with E-state index in [9.17, 15) is 14.0 Å². The molecule has 5 heteroatoms. The fraction of sp³-hybridized carbons (Fsp3) is 0.417. The Balaban J connectivity index is 1.70. The third-order valence-corrected chi connectivity index (χ3v) is 6.11. The summed E-state index contributed by atoms with van der Waals surface area (Å²) in [6.07, 6.45) is 3.49. The molecule has 0 bridgehead atoms. The molecule has 0 aromatic heterocycles. The lowest BCUT2D eigenvalue weighted by Gasteiger charge is -2.30. The highest BCUT2D eigenvalue weighted by atomic mass is 35.5. The predicted octanol–water partition coefficient (Wildman–Crippen LogP) is 5.74. The zero-order chi connectivity index (χ0) is 20.8. The van der Waals surface area contributed by atoms with E-state index >= 15 is 0 Å². The number of carbonyl (C=O) groups excluding carboxylic acids is 2. The van der Waals surface area contributed by atoms with E-state index < -0.39 is 17.7 Å². The molecule has 0 aliphatic heterocycles. The zero-order valence-electron chi connectivity index (χ0n) is 16.6. The van der Waals surface area contributed by atoms with Crippen molar-refractivity contribution in [3.8, 4) is 0 Å². The minimum atomic E-state index is -0.906. The Labute approximate surface area is 176 Å². The second kappa shape index (κ2) is 10.0. The van der Waals surface area contributed by atoms with Crippen molar-refractivity contribution in [3.63, 3.8) is 0 Å². The molecule has 2 aromatic carbocycles. The van der Waals surface area contributed by atoms with Gasteiger partial charge in [0.05, 0.1) is 6.61 Å². The molecule has 3 rings (SSSR count). The molecule has 3 nitrogen and oxygen atoms in total. The largest absolute Gasteiger partial charge is 0.465 e. The molecule has 0 spiro atoms. The molecule has 0 amide bonds. The molecular weight excluding hydrogens is 391 g/mol. The van der Waals surface area contributed by atoms with Gasteiger partial charge in [0.15, 0.2) is 5.78 Å². The summed E-state index contributed by atoms with van der Waals surface area (Å²) < 4.78 is 18.5. The SMILES string of the molecule is CCOC(=O)C(Cc1ccc(F)cc1Cl)C(=O)[C@H]1CC[C@H](c2ccccc2)CC1. The normalized spacial score (nSPS) is 20.1. The van der Waals surface area contributed by atoms with Gasteiger partial charge in [0, 0.05) is 10.9 Å². The van der Waals surface area contributed by atoms with Crippen molar-refractivity contribution in [1.82, 2.24) is 0 Å². The third-order valence-electron chi connectivity index (χ3n) is 5.75. The third kappa shape index (κ3) is 5.45. The average Bonchev–Trinajstić information content (AvgIpc) is 2.73. The van der Waals surface area contributed by atoms with E-state index in [0.29, 0.717) is 11.5 Å². The van der Waals surface area contributed by atoms with Crippen LogP contribution in [0.4, 0.5) is 4.39 Å². The van der Waals surface area contributed by atoms with Gasteiger partial charge in [0.1, 0.15) is 11.7 Å². The van der Waals surface area contributed by atoms with Crippen molar-refractivity contribution < 1.29 is 18.7 Å².